The fourth-order valence-electron chi connectivity index (χ4n) is 1.54. The van der Waals surface area contributed by atoms with E-state index in [0.29, 0.717) is 12.1 Å². The molecule has 0 aromatic heterocycles. The van der Waals surface area contributed by atoms with E-state index in [4.69, 9.17) is 10.5 Å². The van der Waals surface area contributed by atoms with Gasteiger partial charge in [0, 0.05) is 12.6 Å². The molecule has 0 bridgehead atoms. The van der Waals surface area contributed by atoms with Gasteiger partial charge < -0.3 is 10.5 Å². The highest BCUT2D eigenvalue weighted by Crippen LogP contribution is 2.19. The van der Waals surface area contributed by atoms with Gasteiger partial charge >= 0.3 is 0 Å². The van der Waals surface area contributed by atoms with E-state index >= 15 is 0 Å². The van der Waals surface area contributed by atoms with Gasteiger partial charge in [0.2, 0.25) is 0 Å². The topological polar surface area (TPSA) is 35.2 Å². The quantitative estimate of drug-likeness (QED) is 0.676. The molecule has 1 aliphatic carbocycles. The van der Waals surface area contributed by atoms with Gasteiger partial charge in [0.05, 0.1) is 6.10 Å². The Balaban J connectivity index is 2.07. The van der Waals surface area contributed by atoms with Gasteiger partial charge in [-0.1, -0.05) is 6.92 Å². The predicted octanol–water partition coefficient (Wildman–Crippen LogP) is 1.68. The van der Waals surface area contributed by atoms with Crippen LogP contribution in [0.5, 0.6) is 0 Å². The molecule has 2 N–H and O–H groups in total. The third kappa shape index (κ3) is 3.21. The molecule has 0 radical (unpaired) electrons. The summed E-state index contributed by atoms with van der Waals surface area (Å²) in [5.74, 6) is 0. The minimum absolute atomic E-state index is 0.441. The number of nitrogens with two attached hydrogens (primary N) is 1. The molecule has 1 fully saturated rings. The van der Waals surface area contributed by atoms with Crippen molar-refractivity contribution < 1.29 is 4.74 Å². The fraction of sp³-hybridized carbons (Fsp3) is 1.00. The van der Waals surface area contributed by atoms with Gasteiger partial charge in [0.1, 0.15) is 0 Å². The third-order valence-corrected chi connectivity index (χ3v) is 2.28. The number of rotatable bonds is 3. The summed E-state index contributed by atoms with van der Waals surface area (Å²) < 4.78 is 5.62. The summed E-state index contributed by atoms with van der Waals surface area (Å²) in [6.07, 6.45) is 6.27. The smallest absolute Gasteiger partial charge is 0.0576 e. The second-order valence-electron chi connectivity index (χ2n) is 3.41. The fourth-order valence-corrected chi connectivity index (χ4v) is 1.54. The summed E-state index contributed by atoms with van der Waals surface area (Å²) in [4.78, 5) is 0. The predicted molar refractivity (Wildman–Crippen MR) is 46.5 cm³/mol. The molecule has 0 atom stereocenters. The number of hydrogen-bond acceptors (Lipinski definition) is 2. The Kier molecular flexibility index (Phi) is 3.87. The van der Waals surface area contributed by atoms with E-state index in [1.165, 1.54) is 12.8 Å². The van der Waals surface area contributed by atoms with Crippen LogP contribution in [-0.4, -0.2) is 18.8 Å². The molecular weight excluding hydrogens is 138 g/mol. The minimum atomic E-state index is 0.441. The number of hydrogen-bond donors (Lipinski definition) is 1. The van der Waals surface area contributed by atoms with Crippen LogP contribution in [0.4, 0.5) is 0 Å². The highest BCUT2D eigenvalue weighted by atomic mass is 16.5. The third-order valence-electron chi connectivity index (χ3n) is 2.28. The Bertz CT molecular complexity index is 95.0. The van der Waals surface area contributed by atoms with Gasteiger partial charge in [-0.15, -0.1) is 0 Å². The zero-order valence-electron chi connectivity index (χ0n) is 7.38. The van der Waals surface area contributed by atoms with Crippen LogP contribution < -0.4 is 5.73 Å². The van der Waals surface area contributed by atoms with Crippen LogP contribution >= 0.6 is 0 Å². The van der Waals surface area contributed by atoms with Crippen LogP contribution in [0.3, 0.4) is 0 Å². The van der Waals surface area contributed by atoms with Gasteiger partial charge in [-0.05, 0) is 32.1 Å². The second-order valence-corrected chi connectivity index (χ2v) is 3.41. The maximum Gasteiger partial charge on any atom is 0.0576 e. The molecular formula is C9H19NO. The molecule has 0 heterocycles. The van der Waals surface area contributed by atoms with Crippen LogP contribution in [-0.2, 0) is 4.74 Å². The molecule has 0 aromatic carbocycles. The molecule has 66 valence electrons. The summed E-state index contributed by atoms with van der Waals surface area (Å²) >= 11 is 0. The van der Waals surface area contributed by atoms with E-state index in [1.807, 2.05) is 0 Å². The normalized spacial score (nSPS) is 32.2. The summed E-state index contributed by atoms with van der Waals surface area (Å²) in [7, 11) is 0. The van der Waals surface area contributed by atoms with Crippen molar-refractivity contribution in [3.8, 4) is 0 Å². The summed E-state index contributed by atoms with van der Waals surface area (Å²) in [5, 5.41) is 0. The van der Waals surface area contributed by atoms with Crippen molar-refractivity contribution in [2.75, 3.05) is 6.61 Å². The average molecular weight is 157 g/mol. The maximum atomic E-state index is 5.77. The Labute approximate surface area is 69.1 Å². The molecule has 0 amide bonds. The zero-order chi connectivity index (χ0) is 8.10. The largest absolute Gasteiger partial charge is 0.378 e. The first-order chi connectivity index (χ1) is 5.33. The van der Waals surface area contributed by atoms with Crippen LogP contribution in [0.15, 0.2) is 0 Å². The Morgan fingerprint density at radius 1 is 1.27 bits per heavy atom. The van der Waals surface area contributed by atoms with Crippen molar-refractivity contribution in [3.63, 3.8) is 0 Å². The first-order valence-corrected chi connectivity index (χ1v) is 4.70. The first-order valence-electron chi connectivity index (χ1n) is 4.70. The van der Waals surface area contributed by atoms with E-state index < -0.39 is 0 Å². The molecule has 0 aliphatic heterocycles. The SMILES string of the molecule is CCCO[C@H]1CC[C@@H](N)CC1. The van der Waals surface area contributed by atoms with Crippen molar-refractivity contribution in [3.05, 3.63) is 0 Å². The van der Waals surface area contributed by atoms with Gasteiger partial charge in [-0.3, -0.25) is 0 Å². The minimum Gasteiger partial charge on any atom is -0.378 e. The van der Waals surface area contributed by atoms with Crippen LogP contribution in [0, 0.1) is 0 Å². The van der Waals surface area contributed by atoms with Crippen molar-refractivity contribution in [2.45, 2.75) is 51.2 Å². The summed E-state index contributed by atoms with van der Waals surface area (Å²) in [5.41, 5.74) is 5.77. The van der Waals surface area contributed by atoms with Crippen LogP contribution in [0.2, 0.25) is 0 Å². The molecule has 1 rings (SSSR count). The van der Waals surface area contributed by atoms with Crippen LogP contribution in [0.1, 0.15) is 39.0 Å². The molecule has 1 aliphatic rings. The number of ether oxygens (including phenoxy) is 1. The van der Waals surface area contributed by atoms with E-state index in [0.717, 1.165) is 25.9 Å². The van der Waals surface area contributed by atoms with Gasteiger partial charge in [-0.25, -0.2) is 0 Å². The Hall–Kier alpha value is -0.0800. The molecule has 0 saturated heterocycles. The second kappa shape index (κ2) is 4.73. The average Bonchev–Trinajstić information content (AvgIpc) is 2.04. The van der Waals surface area contributed by atoms with E-state index in [2.05, 4.69) is 6.92 Å². The molecule has 2 nitrogen and oxygen atoms in total. The molecule has 1 saturated carbocycles. The van der Waals surface area contributed by atoms with Crippen molar-refractivity contribution in [2.24, 2.45) is 5.73 Å². The van der Waals surface area contributed by atoms with Gasteiger partial charge in [-0.2, -0.15) is 0 Å². The first kappa shape index (κ1) is 9.01. The molecule has 11 heavy (non-hydrogen) atoms. The lowest BCUT2D eigenvalue weighted by atomic mass is 9.94. The summed E-state index contributed by atoms with van der Waals surface area (Å²) in [6, 6.07) is 0.441. The van der Waals surface area contributed by atoms with Crippen molar-refractivity contribution in [1.29, 1.82) is 0 Å². The summed E-state index contributed by atoms with van der Waals surface area (Å²) in [6.45, 7) is 3.06. The zero-order valence-corrected chi connectivity index (χ0v) is 7.38. The Morgan fingerprint density at radius 2 is 1.91 bits per heavy atom. The Morgan fingerprint density at radius 3 is 2.45 bits per heavy atom. The van der Waals surface area contributed by atoms with Crippen LogP contribution in [0.25, 0.3) is 0 Å². The highest BCUT2D eigenvalue weighted by Gasteiger charge is 2.17. The standard InChI is InChI=1S/C9H19NO/c1-2-7-11-9-5-3-8(10)4-6-9/h8-9H,2-7,10H2,1H3/t8-,9+. The lowest BCUT2D eigenvalue weighted by Crippen LogP contribution is -2.30. The van der Waals surface area contributed by atoms with Crippen molar-refractivity contribution >= 4 is 0 Å². The highest BCUT2D eigenvalue weighted by molar-refractivity contribution is 4.74. The lowest BCUT2D eigenvalue weighted by Gasteiger charge is -2.25. The van der Waals surface area contributed by atoms with Gasteiger partial charge in [0.15, 0.2) is 0 Å². The lowest BCUT2D eigenvalue weighted by molar-refractivity contribution is 0.0256. The monoisotopic (exact) mass is 157 g/mol. The van der Waals surface area contributed by atoms with E-state index in [9.17, 15) is 0 Å². The van der Waals surface area contributed by atoms with Gasteiger partial charge in [0.25, 0.3) is 0 Å². The molecule has 0 aromatic rings. The van der Waals surface area contributed by atoms with Crippen molar-refractivity contribution in [1.82, 2.24) is 0 Å². The molecule has 2 heteroatoms. The maximum absolute atomic E-state index is 5.77. The molecule has 0 unspecified atom stereocenters. The van der Waals surface area contributed by atoms with E-state index in [-0.39, 0.29) is 0 Å². The molecule has 0 spiro atoms. The van der Waals surface area contributed by atoms with E-state index in [1.54, 1.807) is 0 Å².